The van der Waals surface area contributed by atoms with E-state index in [1.165, 1.54) is 6.20 Å². The third-order valence-corrected chi connectivity index (χ3v) is 2.56. The Hall–Kier alpha value is -2.04. The Kier molecular flexibility index (Phi) is 1.89. The molecule has 0 aliphatic carbocycles. The van der Waals surface area contributed by atoms with Gasteiger partial charge in [-0.05, 0) is 19.1 Å². The molecule has 0 aliphatic heterocycles. The van der Waals surface area contributed by atoms with E-state index < -0.39 is 6.03 Å². The monoisotopic (exact) mass is 205 g/mol. The molecule has 0 saturated heterocycles. The molecule has 0 bridgehead atoms. The number of hydrogen-bond acceptors (Lipinski definition) is 2. The molecule has 2 aromatic rings. The van der Waals surface area contributed by atoms with E-state index >= 15 is 0 Å². The minimum Gasteiger partial charge on any atom is -0.351 e. The van der Waals surface area contributed by atoms with E-state index in [4.69, 9.17) is 5.73 Å². The highest BCUT2D eigenvalue weighted by Gasteiger charge is 2.10. The summed E-state index contributed by atoms with van der Waals surface area (Å²) in [4.78, 5) is 22.8. The molecule has 0 spiro atoms. The van der Waals surface area contributed by atoms with E-state index in [9.17, 15) is 9.59 Å². The number of nitrogens with two attached hydrogens (primary N) is 1. The molecule has 0 aliphatic rings. The Morgan fingerprint density at radius 3 is 2.73 bits per heavy atom. The molecule has 0 radical (unpaired) electrons. The first-order valence-electron chi connectivity index (χ1n) is 4.50. The van der Waals surface area contributed by atoms with Gasteiger partial charge in [-0.3, -0.25) is 4.79 Å². The normalized spacial score (nSPS) is 10.8. The molecule has 2 aromatic heterocycles. The van der Waals surface area contributed by atoms with Crippen molar-refractivity contribution >= 4 is 16.9 Å². The Morgan fingerprint density at radius 1 is 1.47 bits per heavy atom. The molecule has 0 saturated carbocycles. The van der Waals surface area contributed by atoms with Gasteiger partial charge in [-0.15, -0.1) is 0 Å². The molecule has 2 heterocycles. The van der Waals surface area contributed by atoms with Crippen LogP contribution >= 0.6 is 0 Å². The van der Waals surface area contributed by atoms with Crippen LogP contribution in [0, 0.1) is 6.92 Å². The largest absolute Gasteiger partial charge is 0.351 e. The van der Waals surface area contributed by atoms with Crippen LogP contribution in [0.4, 0.5) is 4.79 Å². The van der Waals surface area contributed by atoms with Crippen LogP contribution in [0.3, 0.4) is 0 Å². The van der Waals surface area contributed by atoms with Crippen molar-refractivity contribution in [2.75, 3.05) is 0 Å². The van der Waals surface area contributed by atoms with E-state index in [2.05, 4.69) is 0 Å². The number of primary amides is 1. The quantitative estimate of drug-likeness (QED) is 0.683. The lowest BCUT2D eigenvalue weighted by Crippen LogP contribution is -2.31. The first kappa shape index (κ1) is 9.51. The van der Waals surface area contributed by atoms with Crippen LogP contribution in [-0.2, 0) is 7.05 Å². The predicted octanol–water partition coefficient (Wildman–Crippen LogP) is 0.575. The smallest absolute Gasteiger partial charge is 0.325 e. The second-order valence-corrected chi connectivity index (χ2v) is 3.48. The van der Waals surface area contributed by atoms with Crippen molar-refractivity contribution in [3.63, 3.8) is 0 Å². The number of aromatic nitrogens is 2. The summed E-state index contributed by atoms with van der Waals surface area (Å²) in [5.41, 5.74) is 6.15. The maximum absolute atomic E-state index is 11.8. The van der Waals surface area contributed by atoms with Crippen LogP contribution in [0.15, 0.2) is 23.1 Å². The zero-order valence-corrected chi connectivity index (χ0v) is 8.52. The number of nitrogens with zero attached hydrogens (tertiary/aromatic N) is 2. The van der Waals surface area contributed by atoms with Gasteiger partial charge >= 0.3 is 6.03 Å². The highest BCUT2D eigenvalue weighted by molar-refractivity contribution is 5.84. The van der Waals surface area contributed by atoms with Crippen LogP contribution < -0.4 is 11.3 Å². The van der Waals surface area contributed by atoms with Gasteiger partial charge in [0.05, 0.1) is 0 Å². The summed E-state index contributed by atoms with van der Waals surface area (Å²) in [6, 6.07) is 2.83. The number of fused-ring (bicyclic) bond motifs is 1. The third-order valence-electron chi connectivity index (χ3n) is 2.56. The molecule has 0 atom stereocenters. The van der Waals surface area contributed by atoms with Crippen LogP contribution in [0.25, 0.3) is 10.9 Å². The zero-order chi connectivity index (χ0) is 11.2. The van der Waals surface area contributed by atoms with Gasteiger partial charge in [0.15, 0.2) is 0 Å². The third kappa shape index (κ3) is 1.24. The lowest BCUT2D eigenvalue weighted by Gasteiger charge is -2.01. The van der Waals surface area contributed by atoms with Crippen LogP contribution in [0.5, 0.6) is 0 Å². The summed E-state index contributed by atoms with van der Waals surface area (Å²) < 4.78 is 2.65. The summed E-state index contributed by atoms with van der Waals surface area (Å²) in [6.45, 7) is 1.90. The average Bonchev–Trinajstić information content (AvgIpc) is 2.43. The number of rotatable bonds is 0. The van der Waals surface area contributed by atoms with E-state index in [1.807, 2.05) is 13.0 Å². The number of pyridine rings is 1. The fourth-order valence-corrected chi connectivity index (χ4v) is 1.66. The second-order valence-electron chi connectivity index (χ2n) is 3.48. The zero-order valence-electron chi connectivity index (χ0n) is 8.52. The average molecular weight is 205 g/mol. The summed E-state index contributed by atoms with van der Waals surface area (Å²) >= 11 is 0. The highest BCUT2D eigenvalue weighted by atomic mass is 16.2. The minimum absolute atomic E-state index is 0.379. The Morgan fingerprint density at radius 2 is 2.13 bits per heavy atom. The highest BCUT2D eigenvalue weighted by Crippen LogP contribution is 2.13. The fourth-order valence-electron chi connectivity index (χ4n) is 1.66. The molecule has 15 heavy (non-hydrogen) atoms. The van der Waals surface area contributed by atoms with Crippen molar-refractivity contribution in [3.05, 3.63) is 34.4 Å². The summed E-state index contributed by atoms with van der Waals surface area (Å²) in [5, 5.41) is 0.817. The Bertz CT molecular complexity index is 607. The SMILES string of the molecule is Cc1cc2ccn(C(N)=O)c(=O)c2n1C. The van der Waals surface area contributed by atoms with Crippen LogP contribution in [0.1, 0.15) is 5.69 Å². The van der Waals surface area contributed by atoms with Crippen molar-refractivity contribution in [3.8, 4) is 0 Å². The first-order valence-corrected chi connectivity index (χ1v) is 4.50. The van der Waals surface area contributed by atoms with Gasteiger partial charge in [0.2, 0.25) is 0 Å². The summed E-state index contributed by atoms with van der Waals surface area (Å²) in [6.07, 6.45) is 1.40. The molecule has 0 unspecified atom stereocenters. The van der Waals surface area contributed by atoms with Crippen molar-refractivity contribution in [1.29, 1.82) is 0 Å². The standard InChI is InChI=1S/C10H11N3O2/c1-6-5-7-3-4-13(10(11)15)9(14)8(7)12(6)2/h3-5H,1-2H3,(H2,11,15). The topological polar surface area (TPSA) is 70.0 Å². The number of carbonyl (C=O) groups is 1. The van der Waals surface area contributed by atoms with Gasteiger partial charge in [-0.2, -0.15) is 0 Å². The van der Waals surface area contributed by atoms with E-state index in [-0.39, 0.29) is 5.56 Å². The summed E-state index contributed by atoms with van der Waals surface area (Å²) in [7, 11) is 1.78. The van der Waals surface area contributed by atoms with Crippen LogP contribution in [-0.4, -0.2) is 15.2 Å². The number of aryl methyl sites for hydroxylation is 2. The Labute approximate surface area is 85.7 Å². The number of amides is 1. The van der Waals surface area contributed by atoms with Gasteiger partial charge in [-0.1, -0.05) is 0 Å². The van der Waals surface area contributed by atoms with Crippen molar-refractivity contribution in [2.24, 2.45) is 12.8 Å². The molecular formula is C10H11N3O2. The molecule has 2 N–H and O–H groups in total. The number of carbonyl (C=O) groups excluding carboxylic acids is 1. The Balaban J connectivity index is 2.95. The second kappa shape index (κ2) is 2.98. The molecule has 1 amide bonds. The first-order chi connectivity index (χ1) is 7.02. The molecule has 5 heteroatoms. The van der Waals surface area contributed by atoms with Gasteiger partial charge < -0.3 is 10.3 Å². The van der Waals surface area contributed by atoms with Gasteiger partial charge in [-0.25, -0.2) is 9.36 Å². The van der Waals surface area contributed by atoms with E-state index in [0.717, 1.165) is 15.6 Å². The van der Waals surface area contributed by atoms with Gasteiger partial charge in [0.25, 0.3) is 5.56 Å². The lowest BCUT2D eigenvalue weighted by atomic mass is 10.3. The molecular weight excluding hydrogens is 194 g/mol. The van der Waals surface area contributed by atoms with Crippen molar-refractivity contribution in [2.45, 2.75) is 6.92 Å². The predicted molar refractivity (Wildman–Crippen MR) is 56.9 cm³/mol. The molecule has 5 nitrogen and oxygen atoms in total. The van der Waals surface area contributed by atoms with Crippen molar-refractivity contribution < 1.29 is 4.79 Å². The van der Waals surface area contributed by atoms with Crippen molar-refractivity contribution in [1.82, 2.24) is 9.13 Å². The minimum atomic E-state index is -0.763. The molecule has 2 rings (SSSR count). The molecule has 0 fully saturated rings. The van der Waals surface area contributed by atoms with E-state index in [0.29, 0.717) is 5.52 Å². The maximum Gasteiger partial charge on any atom is 0.325 e. The molecule has 78 valence electrons. The van der Waals surface area contributed by atoms with E-state index in [1.54, 1.807) is 17.7 Å². The lowest BCUT2D eigenvalue weighted by molar-refractivity contribution is 0.249. The maximum atomic E-state index is 11.8. The van der Waals surface area contributed by atoms with Crippen LogP contribution in [0.2, 0.25) is 0 Å². The number of hydrogen-bond donors (Lipinski definition) is 1. The van der Waals surface area contributed by atoms with Gasteiger partial charge in [0.1, 0.15) is 5.52 Å². The van der Waals surface area contributed by atoms with Gasteiger partial charge in [0, 0.05) is 24.3 Å². The fraction of sp³-hybridized carbons (Fsp3) is 0.200. The molecule has 0 aromatic carbocycles. The summed E-state index contributed by atoms with van der Waals surface area (Å²) in [5.74, 6) is 0.